The van der Waals surface area contributed by atoms with Crippen molar-refractivity contribution in [3.05, 3.63) is 39.7 Å². The molecule has 20 heavy (non-hydrogen) atoms. The molecule has 0 aliphatic rings. The second kappa shape index (κ2) is 6.09. The lowest BCUT2D eigenvalue weighted by molar-refractivity contribution is 0.469. The summed E-state index contributed by atoms with van der Waals surface area (Å²) in [6.07, 6.45) is 1.35. The van der Waals surface area contributed by atoms with Crippen molar-refractivity contribution in [1.82, 2.24) is 9.29 Å². The molecule has 0 aromatic carbocycles. The normalized spacial score (nSPS) is 11.8. The molecular weight excluding hydrogens is 318 g/mol. The molecule has 0 saturated carbocycles. The van der Waals surface area contributed by atoms with Crippen molar-refractivity contribution in [2.75, 3.05) is 19.4 Å². The molecule has 0 spiro atoms. The van der Waals surface area contributed by atoms with Gasteiger partial charge in [-0.3, -0.25) is 0 Å². The summed E-state index contributed by atoms with van der Waals surface area (Å²) in [5.74, 6) is 0.622. The molecular formula is C12H14ClN3O2S2. The predicted octanol–water partition coefficient (Wildman–Crippen LogP) is 2.66. The Morgan fingerprint density at radius 3 is 2.60 bits per heavy atom. The average Bonchev–Trinajstić information content (AvgIpc) is 2.84. The molecule has 1 N–H and O–H groups in total. The quantitative estimate of drug-likeness (QED) is 0.915. The summed E-state index contributed by atoms with van der Waals surface area (Å²) in [6, 6.07) is 6.74. The van der Waals surface area contributed by atoms with E-state index in [1.807, 2.05) is 6.07 Å². The van der Waals surface area contributed by atoms with E-state index in [4.69, 9.17) is 11.6 Å². The first-order valence-corrected chi connectivity index (χ1v) is 8.41. The Hall–Kier alpha value is -1.15. The molecule has 8 heteroatoms. The van der Waals surface area contributed by atoms with Gasteiger partial charge in [-0.05, 0) is 24.3 Å². The molecule has 0 aliphatic carbocycles. The average molecular weight is 332 g/mol. The van der Waals surface area contributed by atoms with E-state index < -0.39 is 10.0 Å². The maximum atomic E-state index is 12.4. The van der Waals surface area contributed by atoms with Crippen LogP contribution >= 0.6 is 22.9 Å². The molecule has 5 nitrogen and oxygen atoms in total. The zero-order valence-corrected chi connectivity index (χ0v) is 13.4. The summed E-state index contributed by atoms with van der Waals surface area (Å²) in [5.41, 5.74) is 0. The van der Waals surface area contributed by atoms with Gasteiger partial charge in [0.25, 0.3) is 0 Å². The second-order valence-corrected chi connectivity index (χ2v) is 7.94. The van der Waals surface area contributed by atoms with E-state index in [2.05, 4.69) is 10.3 Å². The van der Waals surface area contributed by atoms with Crippen molar-refractivity contribution < 1.29 is 8.42 Å². The summed E-state index contributed by atoms with van der Waals surface area (Å²) < 4.78 is 26.7. The highest BCUT2D eigenvalue weighted by Crippen LogP contribution is 2.24. The predicted molar refractivity (Wildman–Crippen MR) is 81.8 cm³/mol. The van der Waals surface area contributed by atoms with Crippen LogP contribution in [0.1, 0.15) is 4.88 Å². The van der Waals surface area contributed by atoms with E-state index in [0.29, 0.717) is 10.2 Å². The third-order valence-corrected chi connectivity index (χ3v) is 5.71. The second-order valence-electron chi connectivity index (χ2n) is 4.10. The first-order chi connectivity index (χ1) is 9.43. The highest BCUT2D eigenvalue weighted by Gasteiger charge is 2.21. The topological polar surface area (TPSA) is 62.3 Å². The molecule has 108 valence electrons. The highest BCUT2D eigenvalue weighted by atomic mass is 35.5. The summed E-state index contributed by atoms with van der Waals surface area (Å²) >= 11 is 7.21. The van der Waals surface area contributed by atoms with Gasteiger partial charge in [0.1, 0.15) is 10.7 Å². The van der Waals surface area contributed by atoms with Gasteiger partial charge in [0, 0.05) is 31.7 Å². The summed E-state index contributed by atoms with van der Waals surface area (Å²) in [7, 11) is -0.284. The van der Waals surface area contributed by atoms with Crippen molar-refractivity contribution in [2.45, 2.75) is 11.4 Å². The Morgan fingerprint density at radius 2 is 2.10 bits per heavy atom. The van der Waals surface area contributed by atoms with Gasteiger partial charge in [0.15, 0.2) is 0 Å². The number of aromatic nitrogens is 1. The maximum absolute atomic E-state index is 12.4. The summed E-state index contributed by atoms with van der Waals surface area (Å²) in [5, 5.41) is 2.84. The number of nitrogens with one attached hydrogen (secondary N) is 1. The number of hydrogen-bond donors (Lipinski definition) is 1. The fourth-order valence-corrected chi connectivity index (χ4v) is 3.92. The largest absolute Gasteiger partial charge is 0.373 e. The lowest BCUT2D eigenvalue weighted by Gasteiger charge is -2.16. The molecule has 0 aliphatic heterocycles. The number of nitrogens with zero attached hydrogens (tertiary/aromatic N) is 2. The van der Waals surface area contributed by atoms with Crippen LogP contribution in [0.25, 0.3) is 0 Å². The SMILES string of the molecule is CNc1ccc(S(=O)(=O)N(C)Cc2ccc(Cl)s2)cn1. The molecule has 0 atom stereocenters. The molecule has 0 unspecified atom stereocenters. The number of halogens is 1. The Kier molecular flexibility index (Phi) is 4.64. The number of anilines is 1. The molecule has 0 amide bonds. The van der Waals surface area contributed by atoms with E-state index >= 15 is 0 Å². The van der Waals surface area contributed by atoms with Crippen molar-refractivity contribution in [3.8, 4) is 0 Å². The van der Waals surface area contributed by atoms with E-state index in [0.717, 1.165) is 4.88 Å². The van der Waals surface area contributed by atoms with Gasteiger partial charge in [0.05, 0.1) is 4.34 Å². The van der Waals surface area contributed by atoms with Crippen LogP contribution in [0.4, 0.5) is 5.82 Å². The minimum atomic E-state index is -3.55. The Labute approximate surface area is 127 Å². The smallest absolute Gasteiger partial charge is 0.244 e. The third kappa shape index (κ3) is 3.29. The Morgan fingerprint density at radius 1 is 1.35 bits per heavy atom. The fraction of sp³-hybridized carbons (Fsp3) is 0.250. The molecule has 2 aromatic heterocycles. The van der Waals surface area contributed by atoms with Gasteiger partial charge in [-0.25, -0.2) is 13.4 Å². The monoisotopic (exact) mass is 331 g/mol. The molecule has 2 heterocycles. The van der Waals surface area contributed by atoms with E-state index in [1.165, 1.54) is 35.0 Å². The van der Waals surface area contributed by atoms with Gasteiger partial charge in [-0.1, -0.05) is 11.6 Å². The van der Waals surface area contributed by atoms with Crippen LogP contribution in [0.3, 0.4) is 0 Å². The zero-order chi connectivity index (χ0) is 14.8. The van der Waals surface area contributed by atoms with Crippen molar-refractivity contribution in [2.24, 2.45) is 0 Å². The van der Waals surface area contributed by atoms with Crippen LogP contribution in [-0.2, 0) is 16.6 Å². The van der Waals surface area contributed by atoms with Crippen molar-refractivity contribution in [3.63, 3.8) is 0 Å². The minimum absolute atomic E-state index is 0.168. The van der Waals surface area contributed by atoms with E-state index in [9.17, 15) is 8.42 Å². The Balaban J connectivity index is 2.19. The molecule has 0 bridgehead atoms. The van der Waals surface area contributed by atoms with Crippen LogP contribution in [-0.4, -0.2) is 31.8 Å². The number of pyridine rings is 1. The molecule has 2 aromatic rings. The van der Waals surface area contributed by atoms with Crippen LogP contribution in [0.2, 0.25) is 4.34 Å². The molecule has 0 fully saturated rings. The van der Waals surface area contributed by atoms with Crippen molar-refractivity contribution in [1.29, 1.82) is 0 Å². The number of hydrogen-bond acceptors (Lipinski definition) is 5. The van der Waals surface area contributed by atoms with Gasteiger partial charge >= 0.3 is 0 Å². The van der Waals surface area contributed by atoms with E-state index in [1.54, 1.807) is 19.2 Å². The Bertz CT molecular complexity index is 683. The van der Waals surface area contributed by atoms with Gasteiger partial charge < -0.3 is 5.32 Å². The van der Waals surface area contributed by atoms with Gasteiger partial charge in [-0.15, -0.1) is 11.3 Å². The van der Waals surface area contributed by atoms with Crippen molar-refractivity contribution >= 4 is 38.8 Å². The third-order valence-electron chi connectivity index (χ3n) is 2.71. The minimum Gasteiger partial charge on any atom is -0.373 e. The lowest BCUT2D eigenvalue weighted by Crippen LogP contribution is -2.26. The van der Waals surface area contributed by atoms with Crippen LogP contribution in [0, 0.1) is 0 Å². The number of sulfonamides is 1. The van der Waals surface area contributed by atoms with Crippen LogP contribution in [0.5, 0.6) is 0 Å². The first-order valence-electron chi connectivity index (χ1n) is 5.78. The number of rotatable bonds is 5. The van der Waals surface area contributed by atoms with Crippen LogP contribution < -0.4 is 5.32 Å². The maximum Gasteiger partial charge on any atom is 0.244 e. The highest BCUT2D eigenvalue weighted by molar-refractivity contribution is 7.89. The van der Waals surface area contributed by atoms with Gasteiger partial charge in [-0.2, -0.15) is 4.31 Å². The summed E-state index contributed by atoms with van der Waals surface area (Å²) in [4.78, 5) is 5.08. The van der Waals surface area contributed by atoms with E-state index in [-0.39, 0.29) is 11.4 Å². The van der Waals surface area contributed by atoms with Crippen LogP contribution in [0.15, 0.2) is 35.4 Å². The standard InChI is InChI=1S/C12H14ClN3O2S2/c1-14-12-6-4-10(7-15-12)20(17,18)16(2)8-9-3-5-11(13)19-9/h3-7H,8H2,1-2H3,(H,14,15). The lowest BCUT2D eigenvalue weighted by atomic mass is 10.5. The number of thiophene rings is 1. The van der Waals surface area contributed by atoms with Gasteiger partial charge in [0.2, 0.25) is 10.0 Å². The zero-order valence-electron chi connectivity index (χ0n) is 11.0. The molecule has 2 rings (SSSR count). The fourth-order valence-electron chi connectivity index (χ4n) is 1.60. The summed E-state index contributed by atoms with van der Waals surface area (Å²) in [6.45, 7) is 0.285. The molecule has 0 saturated heterocycles. The molecule has 0 radical (unpaired) electrons. The first kappa shape index (κ1) is 15.2.